The summed E-state index contributed by atoms with van der Waals surface area (Å²) >= 11 is 0. The van der Waals surface area contributed by atoms with E-state index in [0.717, 1.165) is 0 Å². The van der Waals surface area contributed by atoms with Crippen LogP contribution in [0, 0.1) is 11.8 Å². The van der Waals surface area contributed by atoms with Gasteiger partial charge in [0.2, 0.25) is 0 Å². The van der Waals surface area contributed by atoms with E-state index in [4.69, 9.17) is 5.11 Å². The molecule has 2 aromatic rings. The summed E-state index contributed by atoms with van der Waals surface area (Å²) in [5.41, 5.74) is 1.09. The molecule has 6 heteroatoms. The van der Waals surface area contributed by atoms with Gasteiger partial charge in [-0.1, -0.05) is 29.2 Å². The second-order valence-corrected chi connectivity index (χ2v) is 3.93. The van der Waals surface area contributed by atoms with Crippen LogP contribution in [0.5, 0.6) is 0 Å². The number of aliphatic hydroxyl groups excluding tert-OH is 1. The molecule has 0 saturated carbocycles. The Morgan fingerprint density at radius 3 is 3.00 bits per heavy atom. The Bertz CT molecular complexity index is 626. The minimum Gasteiger partial charge on any atom is -0.384 e. The number of hydrogen-bond donors (Lipinski definition) is 2. The smallest absolute Gasteiger partial charge is 0.252 e. The molecule has 0 aliphatic rings. The first-order chi connectivity index (χ1) is 9.81. The molecule has 1 amide bonds. The number of nitrogens with one attached hydrogen (secondary N) is 1. The van der Waals surface area contributed by atoms with Gasteiger partial charge in [-0.25, -0.2) is 0 Å². The number of aliphatic hydroxyl groups is 1. The highest BCUT2D eigenvalue weighted by molar-refractivity contribution is 5.96. The number of amides is 1. The normalized spacial score (nSPS) is 9.65. The fraction of sp³-hybridized carbons (Fsp3) is 0.214. The van der Waals surface area contributed by atoms with Gasteiger partial charge in [0, 0.05) is 18.3 Å². The molecule has 2 rings (SSSR count). The highest BCUT2D eigenvalue weighted by atomic mass is 16.2. The Morgan fingerprint density at radius 1 is 1.40 bits per heavy atom. The van der Waals surface area contributed by atoms with E-state index in [9.17, 15) is 4.79 Å². The Labute approximate surface area is 116 Å². The molecule has 0 fully saturated rings. The van der Waals surface area contributed by atoms with E-state index in [1.807, 2.05) is 0 Å². The molecule has 2 N–H and O–H groups in total. The van der Waals surface area contributed by atoms with Gasteiger partial charge in [-0.05, 0) is 12.1 Å². The maximum atomic E-state index is 12.1. The zero-order valence-corrected chi connectivity index (χ0v) is 10.8. The molecule has 0 bridgehead atoms. The zero-order chi connectivity index (χ0) is 14.2. The van der Waals surface area contributed by atoms with E-state index in [0.29, 0.717) is 24.2 Å². The minimum atomic E-state index is -0.234. The Balaban J connectivity index is 1.98. The molecule has 0 aliphatic heterocycles. The standard InChI is InChI=1S/C14H14N4O2/c19-11-3-5-12-4-1-2-6-13(12)14(20)15-7-9-18-10-8-16-17-18/h1-2,4,6,8,10,19H,7,9,11H2,(H,15,20). The summed E-state index contributed by atoms with van der Waals surface area (Å²) in [4.78, 5) is 12.1. The maximum Gasteiger partial charge on any atom is 0.252 e. The van der Waals surface area contributed by atoms with Gasteiger partial charge < -0.3 is 10.4 Å². The van der Waals surface area contributed by atoms with Crippen molar-refractivity contribution in [2.75, 3.05) is 13.2 Å². The average Bonchev–Trinajstić information content (AvgIpc) is 2.98. The van der Waals surface area contributed by atoms with Gasteiger partial charge in [-0.3, -0.25) is 9.48 Å². The summed E-state index contributed by atoms with van der Waals surface area (Å²) in [7, 11) is 0. The van der Waals surface area contributed by atoms with Crippen LogP contribution in [0.15, 0.2) is 36.7 Å². The Hall–Kier alpha value is -2.65. The molecular formula is C14H14N4O2. The van der Waals surface area contributed by atoms with Crippen LogP contribution >= 0.6 is 0 Å². The van der Waals surface area contributed by atoms with E-state index in [1.54, 1.807) is 41.3 Å². The Morgan fingerprint density at radius 2 is 2.25 bits per heavy atom. The third kappa shape index (κ3) is 3.67. The van der Waals surface area contributed by atoms with E-state index in [-0.39, 0.29) is 12.5 Å². The van der Waals surface area contributed by atoms with Gasteiger partial charge in [0.05, 0.1) is 18.3 Å². The number of aromatic nitrogens is 3. The summed E-state index contributed by atoms with van der Waals surface area (Å²) < 4.78 is 1.64. The fourth-order valence-electron chi connectivity index (χ4n) is 1.66. The lowest BCUT2D eigenvalue weighted by Gasteiger charge is -2.06. The number of carbonyl (C=O) groups excluding carboxylic acids is 1. The van der Waals surface area contributed by atoms with E-state index in [1.165, 1.54) is 0 Å². The topological polar surface area (TPSA) is 80.0 Å². The average molecular weight is 270 g/mol. The SMILES string of the molecule is O=C(NCCn1ccnn1)c1ccccc1C#CCO. The first kappa shape index (κ1) is 13.8. The van der Waals surface area contributed by atoms with Crippen molar-refractivity contribution in [2.24, 2.45) is 0 Å². The first-order valence-corrected chi connectivity index (χ1v) is 6.12. The lowest BCUT2D eigenvalue weighted by atomic mass is 10.1. The van der Waals surface area contributed by atoms with Crippen molar-refractivity contribution in [1.29, 1.82) is 0 Å². The fourth-order valence-corrected chi connectivity index (χ4v) is 1.66. The van der Waals surface area contributed by atoms with E-state index < -0.39 is 0 Å². The minimum absolute atomic E-state index is 0.201. The molecule has 6 nitrogen and oxygen atoms in total. The largest absolute Gasteiger partial charge is 0.384 e. The van der Waals surface area contributed by atoms with Crippen LogP contribution in [0.3, 0.4) is 0 Å². The van der Waals surface area contributed by atoms with Crippen LogP contribution in [-0.2, 0) is 6.54 Å². The van der Waals surface area contributed by atoms with E-state index >= 15 is 0 Å². The van der Waals surface area contributed by atoms with Crippen molar-refractivity contribution in [3.63, 3.8) is 0 Å². The summed E-state index contributed by atoms with van der Waals surface area (Å²) in [6.07, 6.45) is 3.31. The van der Waals surface area contributed by atoms with Crippen LogP contribution in [-0.4, -0.2) is 39.2 Å². The van der Waals surface area contributed by atoms with Crippen LogP contribution < -0.4 is 5.32 Å². The van der Waals surface area contributed by atoms with E-state index in [2.05, 4.69) is 27.5 Å². The molecule has 0 saturated heterocycles. The molecule has 1 heterocycles. The monoisotopic (exact) mass is 270 g/mol. The molecule has 0 spiro atoms. The molecular weight excluding hydrogens is 256 g/mol. The molecule has 0 atom stereocenters. The maximum absolute atomic E-state index is 12.1. The first-order valence-electron chi connectivity index (χ1n) is 6.12. The molecule has 0 aliphatic carbocycles. The van der Waals surface area contributed by atoms with Gasteiger partial charge in [0.1, 0.15) is 6.61 Å². The third-order valence-electron chi connectivity index (χ3n) is 2.57. The van der Waals surface area contributed by atoms with Crippen molar-refractivity contribution < 1.29 is 9.90 Å². The summed E-state index contributed by atoms with van der Waals surface area (Å²) in [6.45, 7) is 0.766. The predicted molar refractivity (Wildman–Crippen MR) is 72.8 cm³/mol. The molecule has 102 valence electrons. The van der Waals surface area contributed by atoms with Crippen LogP contribution in [0.4, 0.5) is 0 Å². The van der Waals surface area contributed by atoms with Crippen molar-refractivity contribution >= 4 is 5.91 Å². The number of hydrogen-bond acceptors (Lipinski definition) is 4. The number of rotatable bonds is 4. The molecule has 1 aromatic heterocycles. The summed E-state index contributed by atoms with van der Waals surface area (Å²) in [5, 5.41) is 19.0. The van der Waals surface area contributed by atoms with Gasteiger partial charge in [0.15, 0.2) is 0 Å². The van der Waals surface area contributed by atoms with Gasteiger partial charge in [-0.2, -0.15) is 0 Å². The lowest BCUT2D eigenvalue weighted by molar-refractivity contribution is 0.0951. The second-order valence-electron chi connectivity index (χ2n) is 3.93. The quantitative estimate of drug-likeness (QED) is 0.769. The summed E-state index contributed by atoms with van der Waals surface area (Å²) in [5.74, 6) is 5.10. The molecule has 1 aromatic carbocycles. The van der Waals surface area contributed by atoms with Crippen LogP contribution in [0.2, 0.25) is 0 Å². The number of nitrogens with zero attached hydrogens (tertiary/aromatic N) is 3. The van der Waals surface area contributed by atoms with Crippen molar-refractivity contribution in [3.8, 4) is 11.8 Å². The van der Waals surface area contributed by atoms with Crippen molar-refractivity contribution in [3.05, 3.63) is 47.8 Å². The van der Waals surface area contributed by atoms with Crippen molar-refractivity contribution in [2.45, 2.75) is 6.54 Å². The summed E-state index contributed by atoms with van der Waals surface area (Å²) in [6, 6.07) is 7.02. The highest BCUT2D eigenvalue weighted by Crippen LogP contribution is 2.06. The Kier molecular flexibility index (Phi) is 4.87. The lowest BCUT2D eigenvalue weighted by Crippen LogP contribution is -2.28. The molecule has 0 radical (unpaired) electrons. The van der Waals surface area contributed by atoms with Gasteiger partial charge in [0.25, 0.3) is 5.91 Å². The van der Waals surface area contributed by atoms with Crippen LogP contribution in [0.25, 0.3) is 0 Å². The van der Waals surface area contributed by atoms with Crippen molar-refractivity contribution in [1.82, 2.24) is 20.3 Å². The third-order valence-corrected chi connectivity index (χ3v) is 2.57. The number of carbonyl (C=O) groups is 1. The van der Waals surface area contributed by atoms with Gasteiger partial charge >= 0.3 is 0 Å². The predicted octanol–water partition coefficient (Wildman–Crippen LogP) is 0.0519. The van der Waals surface area contributed by atoms with Gasteiger partial charge in [-0.15, -0.1) is 5.10 Å². The number of benzene rings is 1. The zero-order valence-electron chi connectivity index (χ0n) is 10.8. The molecule has 20 heavy (non-hydrogen) atoms. The second kappa shape index (κ2) is 7.07. The molecule has 0 unspecified atom stereocenters. The van der Waals surface area contributed by atoms with Crippen LogP contribution in [0.1, 0.15) is 15.9 Å². The highest BCUT2D eigenvalue weighted by Gasteiger charge is 2.08.